The summed E-state index contributed by atoms with van der Waals surface area (Å²) in [5.41, 5.74) is 10.2. The lowest BCUT2D eigenvalue weighted by atomic mass is 9.87. The van der Waals surface area contributed by atoms with E-state index in [4.69, 9.17) is 27.9 Å². The summed E-state index contributed by atoms with van der Waals surface area (Å²) in [5, 5.41) is 18.6. The summed E-state index contributed by atoms with van der Waals surface area (Å²) in [4.78, 5) is 68.2. The van der Waals surface area contributed by atoms with Gasteiger partial charge in [0.1, 0.15) is 17.1 Å². The van der Waals surface area contributed by atoms with E-state index < -0.39 is 0 Å². The van der Waals surface area contributed by atoms with Crippen LogP contribution in [0.4, 0.5) is 0 Å². The van der Waals surface area contributed by atoms with Crippen molar-refractivity contribution in [1.29, 1.82) is 0 Å². The largest absolute Gasteiger partial charge is 0.497 e. The van der Waals surface area contributed by atoms with Crippen molar-refractivity contribution in [2.45, 2.75) is 38.8 Å². The molecule has 4 aromatic heterocycles. The Morgan fingerprint density at radius 1 is 0.667 bits per heavy atom. The van der Waals surface area contributed by atoms with Crippen molar-refractivity contribution >= 4 is 79.8 Å². The summed E-state index contributed by atoms with van der Waals surface area (Å²) < 4.78 is 8.94. The normalized spacial score (nSPS) is 14.8. The molecule has 0 saturated carbocycles. The Morgan fingerprint density at radius 2 is 1.21 bits per heavy atom. The van der Waals surface area contributed by atoms with Gasteiger partial charge in [-0.3, -0.25) is 28.5 Å². The number of halogens is 2. The zero-order valence-corrected chi connectivity index (χ0v) is 43.8. The third-order valence-electron chi connectivity index (χ3n) is 13.9. The molecular formula is C56H56Cl2N12O5. The average Bonchev–Trinajstić information content (AvgIpc) is 4.30. The molecule has 0 bridgehead atoms. The number of aromatic amines is 2. The topological polar surface area (TPSA) is 183 Å². The first kappa shape index (κ1) is 50.5. The van der Waals surface area contributed by atoms with Crippen LogP contribution in [0.15, 0.2) is 110 Å². The van der Waals surface area contributed by atoms with Crippen LogP contribution < -0.4 is 4.74 Å². The molecule has 0 spiro atoms. The second-order valence-corrected chi connectivity index (χ2v) is 20.3. The minimum atomic E-state index is -0.175. The molecule has 4 aromatic carbocycles. The lowest BCUT2D eigenvalue weighted by molar-refractivity contribution is -0.132. The summed E-state index contributed by atoms with van der Waals surface area (Å²) in [5.74, 6) is 0.136. The SMILES string of the molecule is COc1ccc(Cl)c(-c2cc(C3=CC(Cc4ccc(Cl)c(-c5cc(C6=CCCN(C(=O)CCn7ccnn7)C6)cc6[nH]c(C(=O)N(C)C)cc56)c4)CN(C(=O)CCn4ccnn4)C3)cc3[nH]c(C(=O)N(C)C)cc23)c1. The summed E-state index contributed by atoms with van der Waals surface area (Å²) in [6.07, 6.45) is 12.9. The number of hydrogen-bond acceptors (Lipinski definition) is 9. The number of aromatic nitrogens is 8. The molecule has 17 nitrogen and oxygen atoms in total. The molecule has 384 valence electrons. The number of methoxy groups -OCH3 is 1. The van der Waals surface area contributed by atoms with Crippen LogP contribution in [0.5, 0.6) is 5.75 Å². The molecule has 2 aliphatic heterocycles. The molecule has 2 aliphatic rings. The monoisotopic (exact) mass is 1050 g/mol. The Balaban J connectivity index is 1.03. The van der Waals surface area contributed by atoms with E-state index in [0.29, 0.717) is 85.7 Å². The molecule has 4 amide bonds. The fourth-order valence-electron chi connectivity index (χ4n) is 10.1. The molecular weight excluding hydrogens is 992 g/mol. The Kier molecular flexibility index (Phi) is 14.4. The first-order chi connectivity index (χ1) is 36.2. The quantitative estimate of drug-likeness (QED) is 0.101. The number of amides is 4. The highest BCUT2D eigenvalue weighted by atomic mass is 35.5. The maximum absolute atomic E-state index is 14.3. The molecule has 0 saturated heterocycles. The fraction of sp³-hybridized carbons (Fsp3) is 0.286. The zero-order chi connectivity index (χ0) is 52.5. The number of rotatable bonds is 15. The second-order valence-electron chi connectivity index (χ2n) is 19.5. The highest BCUT2D eigenvalue weighted by molar-refractivity contribution is 6.34. The Morgan fingerprint density at radius 3 is 1.77 bits per heavy atom. The highest BCUT2D eigenvalue weighted by Gasteiger charge is 2.28. The number of aryl methyl sites for hydroxylation is 2. The number of fused-ring (bicyclic) bond motifs is 2. The van der Waals surface area contributed by atoms with Gasteiger partial charge in [-0.05, 0) is 124 Å². The van der Waals surface area contributed by atoms with Gasteiger partial charge >= 0.3 is 0 Å². The molecule has 8 aromatic rings. The van der Waals surface area contributed by atoms with Crippen LogP contribution in [-0.2, 0) is 29.1 Å². The van der Waals surface area contributed by atoms with Gasteiger partial charge in [-0.25, -0.2) is 0 Å². The van der Waals surface area contributed by atoms with Crippen LogP contribution in [0, 0.1) is 5.92 Å². The van der Waals surface area contributed by atoms with E-state index in [1.54, 1.807) is 75.5 Å². The van der Waals surface area contributed by atoms with Crippen molar-refractivity contribution in [3.63, 3.8) is 0 Å². The first-order valence-electron chi connectivity index (χ1n) is 24.7. The van der Waals surface area contributed by atoms with Gasteiger partial charge in [0.15, 0.2) is 0 Å². The Labute approximate surface area is 443 Å². The van der Waals surface area contributed by atoms with E-state index in [0.717, 1.165) is 71.9 Å². The molecule has 75 heavy (non-hydrogen) atoms. The van der Waals surface area contributed by atoms with Crippen LogP contribution in [0.3, 0.4) is 0 Å². The first-order valence-corrected chi connectivity index (χ1v) is 25.5. The number of H-pyrrole nitrogens is 2. The van der Waals surface area contributed by atoms with E-state index in [1.165, 1.54) is 9.80 Å². The fourth-order valence-corrected chi connectivity index (χ4v) is 10.5. The van der Waals surface area contributed by atoms with Crippen molar-refractivity contribution in [3.05, 3.63) is 148 Å². The maximum atomic E-state index is 14.3. The van der Waals surface area contributed by atoms with Gasteiger partial charge in [-0.2, -0.15) is 0 Å². The van der Waals surface area contributed by atoms with E-state index in [2.05, 4.69) is 60.9 Å². The molecule has 0 aliphatic carbocycles. The zero-order valence-electron chi connectivity index (χ0n) is 42.3. The molecule has 10 rings (SSSR count). The Hall–Kier alpha value is -8.02. The van der Waals surface area contributed by atoms with Crippen molar-refractivity contribution in [1.82, 2.24) is 59.6 Å². The molecule has 19 heteroatoms. The maximum Gasteiger partial charge on any atom is 0.269 e. The number of nitrogens with zero attached hydrogens (tertiary/aromatic N) is 10. The number of benzene rings is 4. The van der Waals surface area contributed by atoms with E-state index in [9.17, 15) is 19.2 Å². The lowest BCUT2D eigenvalue weighted by Crippen LogP contribution is -2.40. The third-order valence-corrected chi connectivity index (χ3v) is 14.6. The number of carbonyl (C=O) groups excluding carboxylic acids is 4. The minimum absolute atomic E-state index is 0.0273. The number of hydrogen-bond donors (Lipinski definition) is 2. The van der Waals surface area contributed by atoms with Crippen molar-refractivity contribution in [3.8, 4) is 28.0 Å². The smallest absolute Gasteiger partial charge is 0.269 e. The van der Waals surface area contributed by atoms with E-state index in [-0.39, 0.29) is 36.0 Å². The molecule has 0 fully saturated rings. The van der Waals surface area contributed by atoms with Crippen molar-refractivity contribution < 1.29 is 23.9 Å². The van der Waals surface area contributed by atoms with Crippen LogP contribution in [-0.4, -0.2) is 145 Å². The summed E-state index contributed by atoms with van der Waals surface area (Å²) in [6.45, 7) is 2.63. The average molecular weight is 1050 g/mol. The van der Waals surface area contributed by atoms with Crippen molar-refractivity contribution in [2.24, 2.45) is 5.92 Å². The van der Waals surface area contributed by atoms with Gasteiger partial charge in [-0.1, -0.05) is 51.8 Å². The van der Waals surface area contributed by atoms with Crippen LogP contribution in [0.1, 0.15) is 56.9 Å². The molecule has 2 N–H and O–H groups in total. The summed E-state index contributed by atoms with van der Waals surface area (Å²) >= 11 is 14.2. The number of carbonyl (C=O) groups is 4. The van der Waals surface area contributed by atoms with Gasteiger partial charge in [0.25, 0.3) is 11.8 Å². The van der Waals surface area contributed by atoms with Crippen molar-refractivity contribution in [2.75, 3.05) is 61.5 Å². The standard InChI is InChI=1S/C56H56Cl2N12O5/c1-65(2)55(73)51-29-45-41(24-37(26-49(45)61-51)36-7-6-16-67(32-36)53(71)12-17-69-19-14-59-63-69)43-23-34(8-10-47(43)57)21-35-22-39(33-68(31-35)54(72)13-18-70-20-15-60-64-70)38-25-42(44-28-40(75-5)9-11-48(44)58)46-30-52(56(74)66(3)4)62-50(46)27-38/h7-11,14-15,19-20,22-30,35,61-62H,6,12-13,16-18,21,31-33H2,1-5H3. The van der Waals surface area contributed by atoms with Gasteiger partial charge in [0.2, 0.25) is 11.8 Å². The number of nitrogens with one attached hydrogen (secondary N) is 2. The number of ether oxygens (including phenoxy) is 1. The molecule has 1 unspecified atom stereocenters. The Bertz CT molecular complexity index is 3540. The lowest BCUT2D eigenvalue weighted by Gasteiger charge is -2.33. The second kappa shape index (κ2) is 21.4. The summed E-state index contributed by atoms with van der Waals surface area (Å²) in [7, 11) is 8.47. The molecule has 1 atom stereocenters. The predicted molar refractivity (Wildman–Crippen MR) is 290 cm³/mol. The van der Waals surface area contributed by atoms with Crippen LogP contribution in [0.25, 0.3) is 55.2 Å². The molecule has 0 radical (unpaired) electrons. The summed E-state index contributed by atoms with van der Waals surface area (Å²) in [6, 6.07) is 23.5. The highest BCUT2D eigenvalue weighted by Crippen LogP contribution is 2.42. The predicted octanol–water partition coefficient (Wildman–Crippen LogP) is 8.77. The third kappa shape index (κ3) is 10.8. The molecule has 6 heterocycles. The van der Waals surface area contributed by atoms with Crippen LogP contribution in [0.2, 0.25) is 10.0 Å². The van der Waals surface area contributed by atoms with E-state index >= 15 is 0 Å². The van der Waals surface area contributed by atoms with Crippen LogP contribution >= 0.6 is 23.2 Å². The van der Waals surface area contributed by atoms with Gasteiger partial charge < -0.3 is 34.3 Å². The van der Waals surface area contributed by atoms with Gasteiger partial charge in [-0.15, -0.1) is 10.2 Å². The van der Waals surface area contributed by atoms with Gasteiger partial charge in [0.05, 0.1) is 32.6 Å². The van der Waals surface area contributed by atoms with E-state index in [1.807, 2.05) is 58.3 Å². The minimum Gasteiger partial charge on any atom is -0.497 e. The van der Waals surface area contributed by atoms with Gasteiger partial charge in [0, 0.05) is 123 Å².